The van der Waals surface area contributed by atoms with Gasteiger partial charge in [-0.05, 0) is 47.9 Å². The highest BCUT2D eigenvalue weighted by Gasteiger charge is 2.19. The van der Waals surface area contributed by atoms with Gasteiger partial charge >= 0.3 is 0 Å². The summed E-state index contributed by atoms with van der Waals surface area (Å²) >= 11 is 0. The highest BCUT2D eigenvalue weighted by molar-refractivity contribution is 6.07. The summed E-state index contributed by atoms with van der Waals surface area (Å²) in [4.78, 5) is 27.6. The molecule has 0 aliphatic carbocycles. The molecule has 0 spiro atoms. The number of anilines is 1. The molecule has 4 rings (SSSR count). The summed E-state index contributed by atoms with van der Waals surface area (Å²) in [5.41, 5.74) is 3.48. The molecule has 0 saturated heterocycles. The van der Waals surface area contributed by atoms with Crippen molar-refractivity contribution >= 4 is 28.4 Å². The van der Waals surface area contributed by atoms with Gasteiger partial charge in [0.05, 0.1) is 4.92 Å². The molecule has 0 saturated carbocycles. The predicted octanol–water partition coefficient (Wildman–Crippen LogP) is 5.78. The molecule has 0 radical (unpaired) electrons. The normalized spacial score (nSPS) is 11.0. The van der Waals surface area contributed by atoms with E-state index in [1.165, 1.54) is 23.8 Å². The Morgan fingerprint density at radius 2 is 1.80 bits per heavy atom. The van der Waals surface area contributed by atoms with Crippen molar-refractivity contribution in [2.45, 2.75) is 19.8 Å². The van der Waals surface area contributed by atoms with Gasteiger partial charge in [0.2, 0.25) is 5.89 Å². The van der Waals surface area contributed by atoms with E-state index in [0.29, 0.717) is 28.6 Å². The fourth-order valence-corrected chi connectivity index (χ4v) is 3.16. The first-order valence-electron chi connectivity index (χ1n) is 9.48. The number of para-hydroxylation sites is 1. The van der Waals surface area contributed by atoms with E-state index in [0.717, 1.165) is 5.56 Å². The quantitative estimate of drug-likeness (QED) is 0.338. The molecule has 4 aromatic rings. The Bertz CT molecular complexity index is 1240. The van der Waals surface area contributed by atoms with E-state index in [2.05, 4.69) is 24.1 Å². The number of carbonyl (C=O) groups is 1. The minimum atomic E-state index is -0.577. The average molecular weight is 401 g/mol. The van der Waals surface area contributed by atoms with Gasteiger partial charge in [0, 0.05) is 17.3 Å². The second kappa shape index (κ2) is 7.79. The van der Waals surface area contributed by atoms with Crippen LogP contribution in [0.4, 0.5) is 11.4 Å². The van der Waals surface area contributed by atoms with Crippen LogP contribution in [0, 0.1) is 10.1 Å². The molecule has 1 aromatic heterocycles. The zero-order chi connectivity index (χ0) is 21.3. The summed E-state index contributed by atoms with van der Waals surface area (Å²) < 4.78 is 5.84. The highest BCUT2D eigenvalue weighted by atomic mass is 16.6. The van der Waals surface area contributed by atoms with Crippen LogP contribution in [0.1, 0.15) is 35.7 Å². The van der Waals surface area contributed by atoms with E-state index in [-0.39, 0.29) is 11.3 Å². The van der Waals surface area contributed by atoms with Crippen molar-refractivity contribution in [1.82, 2.24) is 4.98 Å². The molecule has 1 heterocycles. The summed E-state index contributed by atoms with van der Waals surface area (Å²) in [7, 11) is 0. The Kier molecular flexibility index (Phi) is 5.02. The number of nitro groups is 1. The number of nitrogens with zero attached hydrogens (tertiary/aromatic N) is 2. The van der Waals surface area contributed by atoms with Crippen LogP contribution in [0.5, 0.6) is 0 Å². The molecular formula is C23H19N3O4. The van der Waals surface area contributed by atoms with Crippen LogP contribution in [0.25, 0.3) is 22.6 Å². The van der Waals surface area contributed by atoms with Crippen molar-refractivity contribution < 1.29 is 14.1 Å². The molecule has 0 aliphatic heterocycles. The number of oxazole rings is 1. The van der Waals surface area contributed by atoms with Crippen LogP contribution in [-0.2, 0) is 0 Å². The lowest BCUT2D eigenvalue weighted by molar-refractivity contribution is -0.385. The fourth-order valence-electron chi connectivity index (χ4n) is 3.16. The van der Waals surface area contributed by atoms with Crippen molar-refractivity contribution in [3.05, 3.63) is 88.0 Å². The highest BCUT2D eigenvalue weighted by Crippen LogP contribution is 2.28. The van der Waals surface area contributed by atoms with Gasteiger partial charge in [-0.1, -0.05) is 38.1 Å². The van der Waals surface area contributed by atoms with Crippen molar-refractivity contribution in [3.8, 4) is 11.5 Å². The third-order valence-corrected chi connectivity index (χ3v) is 4.82. The number of hydrogen-bond acceptors (Lipinski definition) is 5. The second-order valence-corrected chi connectivity index (χ2v) is 7.21. The smallest absolute Gasteiger partial charge is 0.282 e. The Hall–Kier alpha value is -4.00. The Balaban J connectivity index is 1.60. The molecule has 0 atom stereocenters. The lowest BCUT2D eigenvalue weighted by atomic mass is 10.0. The van der Waals surface area contributed by atoms with Gasteiger partial charge in [-0.2, -0.15) is 0 Å². The summed E-state index contributed by atoms with van der Waals surface area (Å²) in [6.45, 7) is 4.27. The molecule has 0 unspecified atom stereocenters. The van der Waals surface area contributed by atoms with Crippen LogP contribution in [0.2, 0.25) is 0 Å². The van der Waals surface area contributed by atoms with Crippen molar-refractivity contribution in [3.63, 3.8) is 0 Å². The number of rotatable bonds is 5. The van der Waals surface area contributed by atoms with Crippen molar-refractivity contribution in [2.75, 3.05) is 5.32 Å². The molecule has 3 aromatic carbocycles. The van der Waals surface area contributed by atoms with Crippen LogP contribution in [0.15, 0.2) is 71.1 Å². The molecule has 150 valence electrons. The van der Waals surface area contributed by atoms with Crippen LogP contribution in [0.3, 0.4) is 0 Å². The number of fused-ring (bicyclic) bond motifs is 1. The maximum Gasteiger partial charge on any atom is 0.282 e. The summed E-state index contributed by atoms with van der Waals surface area (Å²) in [5, 5.41) is 13.8. The maximum absolute atomic E-state index is 12.5. The van der Waals surface area contributed by atoms with Crippen LogP contribution >= 0.6 is 0 Å². The molecule has 0 fully saturated rings. The van der Waals surface area contributed by atoms with Crippen molar-refractivity contribution in [1.29, 1.82) is 0 Å². The van der Waals surface area contributed by atoms with E-state index in [1.807, 2.05) is 24.3 Å². The lowest BCUT2D eigenvalue weighted by Crippen LogP contribution is -2.13. The summed E-state index contributed by atoms with van der Waals surface area (Å²) in [6.07, 6.45) is 0. The van der Waals surface area contributed by atoms with Gasteiger partial charge in [-0.25, -0.2) is 4.98 Å². The van der Waals surface area contributed by atoms with Gasteiger partial charge in [0.25, 0.3) is 11.6 Å². The van der Waals surface area contributed by atoms with E-state index in [1.54, 1.807) is 24.3 Å². The van der Waals surface area contributed by atoms with E-state index in [9.17, 15) is 14.9 Å². The number of aromatic nitrogens is 1. The first-order chi connectivity index (χ1) is 14.4. The van der Waals surface area contributed by atoms with E-state index in [4.69, 9.17) is 4.42 Å². The second-order valence-electron chi connectivity index (χ2n) is 7.21. The van der Waals surface area contributed by atoms with Gasteiger partial charge in [0.15, 0.2) is 5.58 Å². The number of nitro benzene ring substituents is 1. The molecular weight excluding hydrogens is 382 g/mol. The molecule has 7 nitrogen and oxygen atoms in total. The number of hydrogen-bond donors (Lipinski definition) is 1. The summed E-state index contributed by atoms with van der Waals surface area (Å²) in [5.74, 6) is 0.367. The number of nitrogens with one attached hydrogen (secondary N) is 1. The first-order valence-corrected chi connectivity index (χ1v) is 9.48. The monoisotopic (exact) mass is 401 g/mol. The first kappa shape index (κ1) is 19.3. The van der Waals surface area contributed by atoms with Gasteiger partial charge < -0.3 is 9.73 Å². The predicted molar refractivity (Wildman–Crippen MR) is 115 cm³/mol. The molecule has 0 bridgehead atoms. The molecule has 0 aliphatic rings. The minimum absolute atomic E-state index is 0.00585. The zero-order valence-corrected chi connectivity index (χ0v) is 16.5. The molecule has 1 N–H and O–H groups in total. The van der Waals surface area contributed by atoms with Crippen LogP contribution < -0.4 is 5.32 Å². The van der Waals surface area contributed by atoms with Gasteiger partial charge in [-0.3, -0.25) is 14.9 Å². The third kappa shape index (κ3) is 3.77. The number of amides is 1. The molecule has 1 amide bonds. The minimum Gasteiger partial charge on any atom is -0.436 e. The number of carbonyl (C=O) groups excluding carboxylic acids is 1. The van der Waals surface area contributed by atoms with E-state index >= 15 is 0 Å². The SMILES string of the molecule is CC(C)c1ccc(-c2nc3cc(NC(=O)c4ccccc4[N+](=O)[O-])ccc3o2)cc1. The maximum atomic E-state index is 12.5. The molecule has 7 heteroatoms. The molecule has 30 heavy (non-hydrogen) atoms. The van der Waals surface area contributed by atoms with E-state index < -0.39 is 10.8 Å². The average Bonchev–Trinajstić information content (AvgIpc) is 3.17. The van der Waals surface area contributed by atoms with Crippen LogP contribution in [-0.4, -0.2) is 15.8 Å². The number of benzene rings is 3. The summed E-state index contributed by atoms with van der Waals surface area (Å²) in [6, 6.07) is 18.9. The zero-order valence-electron chi connectivity index (χ0n) is 16.5. The topological polar surface area (TPSA) is 98.3 Å². The Morgan fingerprint density at radius 1 is 1.07 bits per heavy atom. The Labute approximate surface area is 172 Å². The third-order valence-electron chi connectivity index (χ3n) is 4.82. The van der Waals surface area contributed by atoms with Gasteiger partial charge in [-0.15, -0.1) is 0 Å². The standard InChI is InChI=1S/C23H19N3O4/c1-14(2)15-7-9-16(10-8-15)23-25-19-13-17(11-12-21(19)30-23)24-22(27)18-5-3-4-6-20(18)26(28)29/h3-14H,1-2H3,(H,24,27). The lowest BCUT2D eigenvalue weighted by Gasteiger charge is -2.05. The van der Waals surface area contributed by atoms with Gasteiger partial charge in [0.1, 0.15) is 11.1 Å². The Morgan fingerprint density at radius 3 is 2.50 bits per heavy atom. The largest absolute Gasteiger partial charge is 0.436 e. The van der Waals surface area contributed by atoms with Crippen molar-refractivity contribution in [2.24, 2.45) is 0 Å². The fraction of sp³-hybridized carbons (Fsp3) is 0.130.